The standard InChI is InChI=1S/C46H59N6O9PS/c1-9-29-23-46(29,62(56,57)25-28-13-12-16-31(19-28)58-7)51-41(53)38-21-33(24-52(38)42(54)40(45(4,5)6)50-44(55)61-30-14-10-11-15-30)60-39-22-36(37-26-63-43(49-37)47-27(2)3)48-35-20-32(59-8)17-18-34(35)39/h9,12-13,16-20,22,26-27,29-30,33,38,40H,1,10-11,14-15,21,23-25H2,2-8H3,(H,47,49)(H,50,55)(H,51,53)(H,56,57)/t29?,33-,38+,40-,46+/m1/s1. The van der Waals surface area contributed by atoms with E-state index in [4.69, 9.17) is 28.9 Å². The Morgan fingerprint density at radius 1 is 1.03 bits per heavy atom. The molecule has 2 aromatic carbocycles. The molecule has 3 amide bonds. The number of benzene rings is 2. The Morgan fingerprint density at radius 3 is 2.43 bits per heavy atom. The quantitative estimate of drug-likeness (QED) is 0.0625. The fourth-order valence-corrected chi connectivity index (χ4v) is 11.8. The molecular weight excluding hydrogens is 844 g/mol. The van der Waals surface area contributed by atoms with Crippen LogP contribution in [0.2, 0.25) is 0 Å². The molecule has 2 unspecified atom stereocenters. The SMILES string of the molecule is C=CC1C[C@]1(NC(=O)[C@@H]1C[C@@H](Oc2cc(-c3csc(NC(C)C)n3)nc3cc(OC)ccc23)CN1C(=O)[C@@H](NC(=O)OC1CCCC1)C(C)(C)C)P(=O)(O)Cc1cccc(OC)c1. The fourth-order valence-electron chi connectivity index (χ4n) is 8.56. The largest absolute Gasteiger partial charge is 0.497 e. The van der Waals surface area contributed by atoms with E-state index < -0.39 is 60.1 Å². The number of nitrogens with one attached hydrogen (secondary N) is 3. The first kappa shape index (κ1) is 45.8. The summed E-state index contributed by atoms with van der Waals surface area (Å²) in [5.74, 6) is -0.0257. The van der Waals surface area contributed by atoms with Crippen LogP contribution in [0.1, 0.15) is 78.7 Å². The van der Waals surface area contributed by atoms with Gasteiger partial charge >= 0.3 is 6.09 Å². The molecule has 7 rings (SSSR count). The molecule has 3 aliphatic rings. The van der Waals surface area contributed by atoms with Gasteiger partial charge in [0, 0.05) is 41.3 Å². The number of likely N-dealkylation sites (tertiary alicyclic amines) is 1. The molecule has 0 spiro atoms. The lowest BCUT2D eigenvalue weighted by Gasteiger charge is -2.36. The van der Waals surface area contributed by atoms with Crippen LogP contribution in [0.3, 0.4) is 0 Å². The van der Waals surface area contributed by atoms with Gasteiger partial charge in [0.2, 0.25) is 19.2 Å². The first-order valence-electron chi connectivity index (χ1n) is 21.5. The zero-order valence-electron chi connectivity index (χ0n) is 37.0. The summed E-state index contributed by atoms with van der Waals surface area (Å²) < 4.78 is 37.9. The third kappa shape index (κ3) is 10.1. The number of amides is 3. The first-order valence-corrected chi connectivity index (χ1v) is 24.2. The van der Waals surface area contributed by atoms with Crippen molar-refractivity contribution in [3.8, 4) is 28.6 Å². The van der Waals surface area contributed by atoms with Crippen LogP contribution in [-0.2, 0) is 25.1 Å². The Morgan fingerprint density at radius 2 is 1.76 bits per heavy atom. The lowest BCUT2D eigenvalue weighted by molar-refractivity contribution is -0.142. The Bertz CT molecular complexity index is 2400. The molecule has 2 aliphatic carbocycles. The minimum absolute atomic E-state index is 0.0319. The zero-order valence-corrected chi connectivity index (χ0v) is 38.7. The fraction of sp³-hybridized carbons (Fsp3) is 0.500. The van der Waals surface area contributed by atoms with Gasteiger partial charge in [-0.3, -0.25) is 14.2 Å². The summed E-state index contributed by atoms with van der Waals surface area (Å²) in [5, 5.41) is 11.0. The van der Waals surface area contributed by atoms with E-state index in [9.17, 15) is 23.8 Å². The van der Waals surface area contributed by atoms with Crippen molar-refractivity contribution in [3.05, 3.63) is 72.1 Å². The van der Waals surface area contributed by atoms with Gasteiger partial charge in [-0.05, 0) is 81.2 Å². The number of pyridine rings is 1. The Labute approximate surface area is 372 Å². The number of methoxy groups -OCH3 is 2. The number of ether oxygens (including phenoxy) is 4. The predicted octanol–water partition coefficient (Wildman–Crippen LogP) is 8.12. The third-order valence-electron chi connectivity index (χ3n) is 12.0. The van der Waals surface area contributed by atoms with E-state index in [0.717, 1.165) is 30.8 Å². The molecule has 6 atom stereocenters. The second-order valence-corrected chi connectivity index (χ2v) is 21.5. The molecule has 63 heavy (non-hydrogen) atoms. The van der Waals surface area contributed by atoms with Gasteiger partial charge in [0.25, 0.3) is 0 Å². The summed E-state index contributed by atoms with van der Waals surface area (Å²) in [6.07, 6.45) is 3.37. The molecular formula is C46H59N6O9PS. The molecule has 17 heteroatoms. The molecule has 4 aromatic rings. The van der Waals surface area contributed by atoms with E-state index >= 15 is 0 Å². The third-order valence-corrected chi connectivity index (χ3v) is 15.5. The summed E-state index contributed by atoms with van der Waals surface area (Å²) in [6, 6.07) is 12.1. The van der Waals surface area contributed by atoms with Crippen LogP contribution in [0.5, 0.6) is 17.2 Å². The molecule has 15 nitrogen and oxygen atoms in total. The van der Waals surface area contributed by atoms with Crippen LogP contribution in [0.15, 0.2) is 66.6 Å². The van der Waals surface area contributed by atoms with Gasteiger partial charge in [-0.2, -0.15) is 0 Å². The Balaban J connectivity index is 1.22. The van der Waals surface area contributed by atoms with Crippen LogP contribution in [-0.4, -0.2) is 94.0 Å². The summed E-state index contributed by atoms with van der Waals surface area (Å²) in [5.41, 5.74) is 1.55. The maximum absolute atomic E-state index is 14.9. The molecule has 0 radical (unpaired) electrons. The molecule has 3 heterocycles. The lowest BCUT2D eigenvalue weighted by Crippen LogP contribution is -2.58. The summed E-state index contributed by atoms with van der Waals surface area (Å²) >= 11 is 1.46. The molecule has 1 aliphatic heterocycles. The minimum Gasteiger partial charge on any atom is -0.497 e. The number of alkyl carbamates (subject to hydrolysis) is 1. The second-order valence-electron chi connectivity index (χ2n) is 18.1. The van der Waals surface area contributed by atoms with Gasteiger partial charge < -0.3 is 44.7 Å². The van der Waals surface area contributed by atoms with Crippen LogP contribution < -0.4 is 30.2 Å². The van der Waals surface area contributed by atoms with Crippen molar-refractivity contribution in [3.63, 3.8) is 0 Å². The number of nitrogens with zero attached hydrogens (tertiary/aromatic N) is 3. The van der Waals surface area contributed by atoms with Gasteiger partial charge in [-0.15, -0.1) is 17.9 Å². The number of carbonyl (C=O) groups excluding carboxylic acids is 3. The highest BCUT2D eigenvalue weighted by atomic mass is 32.1. The van der Waals surface area contributed by atoms with Crippen LogP contribution in [0.25, 0.3) is 22.3 Å². The topological polar surface area (TPSA) is 191 Å². The average molecular weight is 903 g/mol. The van der Waals surface area contributed by atoms with Gasteiger partial charge in [0.1, 0.15) is 52.5 Å². The highest BCUT2D eigenvalue weighted by molar-refractivity contribution is 7.59. The van der Waals surface area contributed by atoms with Crippen LogP contribution in [0, 0.1) is 11.3 Å². The second kappa shape index (κ2) is 18.5. The van der Waals surface area contributed by atoms with Crippen molar-refractivity contribution in [2.75, 3.05) is 26.1 Å². The Hall–Kier alpha value is -5.18. The van der Waals surface area contributed by atoms with E-state index in [2.05, 4.69) is 22.5 Å². The zero-order chi connectivity index (χ0) is 45.3. The van der Waals surface area contributed by atoms with Crippen molar-refractivity contribution >= 4 is 52.6 Å². The molecule has 3 fully saturated rings. The number of rotatable bonds is 16. The van der Waals surface area contributed by atoms with Crippen molar-refractivity contribution < 1.29 is 42.8 Å². The number of thiazole rings is 1. The highest BCUT2D eigenvalue weighted by Gasteiger charge is 2.66. The molecule has 1 saturated heterocycles. The predicted molar refractivity (Wildman–Crippen MR) is 244 cm³/mol. The van der Waals surface area contributed by atoms with Crippen LogP contribution >= 0.6 is 18.7 Å². The highest BCUT2D eigenvalue weighted by Crippen LogP contribution is 2.71. The van der Waals surface area contributed by atoms with E-state index in [-0.39, 0.29) is 37.7 Å². The van der Waals surface area contributed by atoms with Gasteiger partial charge in [0.15, 0.2) is 5.13 Å². The van der Waals surface area contributed by atoms with Crippen LogP contribution in [0.4, 0.5) is 9.93 Å². The number of aromatic nitrogens is 2. The van der Waals surface area contributed by atoms with Crippen molar-refractivity contribution in [1.82, 2.24) is 25.5 Å². The maximum Gasteiger partial charge on any atom is 0.408 e. The lowest BCUT2D eigenvalue weighted by atomic mass is 9.85. The monoisotopic (exact) mass is 902 g/mol. The van der Waals surface area contributed by atoms with Crippen molar-refractivity contribution in [1.29, 1.82) is 0 Å². The summed E-state index contributed by atoms with van der Waals surface area (Å²) in [4.78, 5) is 66.0. The Kier molecular flexibility index (Phi) is 13.5. The van der Waals surface area contributed by atoms with Crippen molar-refractivity contribution in [2.24, 2.45) is 11.3 Å². The van der Waals surface area contributed by atoms with Crippen molar-refractivity contribution in [2.45, 2.75) is 115 Å². The molecule has 2 saturated carbocycles. The van der Waals surface area contributed by atoms with Gasteiger partial charge in [-0.1, -0.05) is 39.0 Å². The summed E-state index contributed by atoms with van der Waals surface area (Å²) in [7, 11) is -1.07. The first-order chi connectivity index (χ1) is 29.9. The minimum atomic E-state index is -4.17. The number of hydrogen-bond donors (Lipinski definition) is 4. The van der Waals surface area contributed by atoms with E-state index in [0.29, 0.717) is 45.1 Å². The number of hydrogen-bond acceptors (Lipinski definition) is 12. The van der Waals surface area contributed by atoms with Gasteiger partial charge in [0.05, 0.1) is 38.1 Å². The van der Waals surface area contributed by atoms with E-state index in [1.807, 2.05) is 46.1 Å². The number of anilines is 1. The summed E-state index contributed by atoms with van der Waals surface area (Å²) in [6.45, 7) is 13.4. The van der Waals surface area contributed by atoms with Gasteiger partial charge in [-0.25, -0.2) is 14.8 Å². The number of fused-ring (bicyclic) bond motifs is 1. The molecule has 0 bridgehead atoms. The van der Waals surface area contributed by atoms with E-state index in [1.165, 1.54) is 23.3 Å². The smallest absolute Gasteiger partial charge is 0.408 e. The molecule has 4 N–H and O–H groups in total. The van der Waals surface area contributed by atoms with E-state index in [1.54, 1.807) is 55.7 Å². The molecule has 338 valence electrons. The maximum atomic E-state index is 14.9. The number of carbonyl (C=O) groups is 3. The average Bonchev–Trinajstić information content (AvgIpc) is 3.63. The normalized spacial score (nSPS) is 22.6. The molecule has 2 aromatic heterocycles.